The van der Waals surface area contributed by atoms with E-state index in [1.165, 1.54) is 29.8 Å². The number of anilines is 1. The number of fused-ring (bicyclic) bond motifs is 2. The van der Waals surface area contributed by atoms with Crippen LogP contribution in [0.15, 0.2) is 47.4 Å². The molecule has 5 rings (SSSR count). The lowest BCUT2D eigenvalue weighted by molar-refractivity contribution is 0.0695. The zero-order chi connectivity index (χ0) is 24.1. The Balaban J connectivity index is 1.62. The summed E-state index contributed by atoms with van der Waals surface area (Å²) < 4.78 is 45.5. The third-order valence-corrected chi connectivity index (χ3v) is 6.10. The highest BCUT2D eigenvalue weighted by atomic mass is 19.1. The topological polar surface area (TPSA) is 87.5 Å². The molecule has 0 aliphatic carbocycles. The molecule has 1 aliphatic heterocycles. The summed E-state index contributed by atoms with van der Waals surface area (Å²) >= 11 is 0. The maximum Gasteiger partial charge on any atom is 0.341 e. The predicted octanol–water partition coefficient (Wildman–Crippen LogP) is 3.35. The molecule has 1 fully saturated rings. The molecule has 2 aromatic carbocycles. The third-order valence-electron chi connectivity index (χ3n) is 6.10. The van der Waals surface area contributed by atoms with Crippen molar-refractivity contribution in [3.63, 3.8) is 0 Å². The summed E-state index contributed by atoms with van der Waals surface area (Å²) in [6, 6.07) is 8.03. The van der Waals surface area contributed by atoms with E-state index in [9.17, 15) is 19.1 Å². The zero-order valence-corrected chi connectivity index (χ0v) is 18.0. The number of aromatic carboxylic acids is 1. The molecule has 2 aromatic heterocycles. The van der Waals surface area contributed by atoms with E-state index in [2.05, 4.69) is 10.3 Å². The highest BCUT2D eigenvalue weighted by molar-refractivity contribution is 5.97. The summed E-state index contributed by atoms with van der Waals surface area (Å²) in [4.78, 5) is 29.8. The van der Waals surface area contributed by atoms with Crippen molar-refractivity contribution in [3.05, 3.63) is 81.4 Å². The first kappa shape index (κ1) is 21.9. The first-order valence-corrected chi connectivity index (χ1v) is 10.5. The average molecular weight is 468 g/mol. The predicted molar refractivity (Wildman–Crippen MR) is 121 cm³/mol. The van der Waals surface area contributed by atoms with Crippen LogP contribution in [0, 0.1) is 17.5 Å². The van der Waals surface area contributed by atoms with Crippen LogP contribution >= 0.6 is 0 Å². The maximum absolute atomic E-state index is 15.7. The van der Waals surface area contributed by atoms with Gasteiger partial charge >= 0.3 is 5.97 Å². The van der Waals surface area contributed by atoms with Gasteiger partial charge in [-0.15, -0.1) is 0 Å². The second-order valence-electron chi connectivity index (χ2n) is 8.24. The van der Waals surface area contributed by atoms with Gasteiger partial charge in [-0.2, -0.15) is 0 Å². The van der Waals surface area contributed by atoms with Crippen molar-refractivity contribution >= 4 is 33.6 Å². The number of carboxylic acids is 1. The standard InChI is InChI=1S/C24H19F3N4O3/c1-30-10-16(24(33)34)22(32)15-8-13-9-17(26)21(19(27)20(13)29-23(15)30)31-7-6-28-18(11-31)12-2-4-14(25)5-3-12/h2-5,8-10,18,28H,6-7,11H2,1H3,(H,33,34). The molecule has 0 amide bonds. The summed E-state index contributed by atoms with van der Waals surface area (Å²) in [5.41, 5.74) is -0.714. The summed E-state index contributed by atoms with van der Waals surface area (Å²) in [7, 11) is 1.50. The summed E-state index contributed by atoms with van der Waals surface area (Å²) in [6.07, 6.45) is 1.12. The molecule has 0 spiro atoms. The molecule has 1 aliphatic rings. The van der Waals surface area contributed by atoms with Crippen molar-refractivity contribution in [2.45, 2.75) is 6.04 Å². The lowest BCUT2D eigenvalue weighted by atomic mass is 10.0. The van der Waals surface area contributed by atoms with Crippen LogP contribution in [0.2, 0.25) is 0 Å². The highest BCUT2D eigenvalue weighted by Gasteiger charge is 2.27. The molecule has 34 heavy (non-hydrogen) atoms. The fourth-order valence-corrected chi connectivity index (χ4v) is 4.43. The molecule has 7 nitrogen and oxygen atoms in total. The maximum atomic E-state index is 15.7. The minimum atomic E-state index is -1.40. The first-order valence-electron chi connectivity index (χ1n) is 10.5. The van der Waals surface area contributed by atoms with Crippen LogP contribution in [0.5, 0.6) is 0 Å². The summed E-state index contributed by atoms with van der Waals surface area (Å²) in [5.74, 6) is -3.46. The van der Waals surface area contributed by atoms with Crippen LogP contribution in [0.3, 0.4) is 0 Å². The molecule has 1 unspecified atom stereocenters. The Morgan fingerprint density at radius 2 is 1.91 bits per heavy atom. The number of nitrogens with one attached hydrogen (secondary N) is 1. The Labute approximate surface area is 191 Å². The molecule has 174 valence electrons. The van der Waals surface area contributed by atoms with Crippen molar-refractivity contribution in [2.75, 3.05) is 24.5 Å². The van der Waals surface area contributed by atoms with Crippen molar-refractivity contribution in [2.24, 2.45) is 7.05 Å². The van der Waals surface area contributed by atoms with E-state index in [0.717, 1.165) is 17.8 Å². The number of nitrogens with zero attached hydrogens (tertiary/aromatic N) is 3. The van der Waals surface area contributed by atoms with Gasteiger partial charge in [0.15, 0.2) is 5.82 Å². The fraction of sp³-hybridized carbons (Fsp3) is 0.208. The Morgan fingerprint density at radius 3 is 2.62 bits per heavy atom. The fourth-order valence-electron chi connectivity index (χ4n) is 4.43. The van der Waals surface area contributed by atoms with E-state index < -0.39 is 28.6 Å². The average Bonchev–Trinajstić information content (AvgIpc) is 2.81. The van der Waals surface area contributed by atoms with Gasteiger partial charge in [0.25, 0.3) is 0 Å². The normalized spacial score (nSPS) is 16.4. The first-order chi connectivity index (χ1) is 16.2. The Morgan fingerprint density at radius 1 is 1.18 bits per heavy atom. The van der Waals surface area contributed by atoms with Gasteiger partial charge < -0.3 is 19.9 Å². The van der Waals surface area contributed by atoms with E-state index in [0.29, 0.717) is 13.1 Å². The molecule has 0 bridgehead atoms. The molecule has 0 radical (unpaired) electrons. The number of pyridine rings is 2. The van der Waals surface area contributed by atoms with E-state index in [1.54, 1.807) is 17.0 Å². The summed E-state index contributed by atoms with van der Waals surface area (Å²) in [5, 5.41) is 12.5. The molecule has 0 saturated carbocycles. The smallest absolute Gasteiger partial charge is 0.341 e. The monoisotopic (exact) mass is 468 g/mol. The molecule has 1 saturated heterocycles. The van der Waals surface area contributed by atoms with Gasteiger partial charge in [-0.05, 0) is 29.8 Å². The number of rotatable bonds is 3. The number of aryl methyl sites for hydroxylation is 1. The van der Waals surface area contributed by atoms with Crippen LogP contribution in [0.4, 0.5) is 18.9 Å². The van der Waals surface area contributed by atoms with Gasteiger partial charge in [0.1, 0.15) is 34.0 Å². The number of carboxylic acid groups (broad SMARTS) is 1. The molecule has 4 aromatic rings. The van der Waals surface area contributed by atoms with E-state index >= 15 is 8.78 Å². The number of hydrogen-bond acceptors (Lipinski definition) is 5. The second kappa shape index (κ2) is 8.14. The number of carbonyl (C=O) groups is 1. The van der Waals surface area contributed by atoms with Crippen molar-refractivity contribution < 1.29 is 23.1 Å². The van der Waals surface area contributed by atoms with Gasteiger partial charge in [0.2, 0.25) is 5.43 Å². The van der Waals surface area contributed by atoms with Gasteiger partial charge in [-0.25, -0.2) is 22.9 Å². The Bertz CT molecular complexity index is 1520. The van der Waals surface area contributed by atoms with E-state index in [-0.39, 0.29) is 46.0 Å². The Hall–Kier alpha value is -3.92. The van der Waals surface area contributed by atoms with Crippen LogP contribution < -0.4 is 15.6 Å². The van der Waals surface area contributed by atoms with Crippen molar-refractivity contribution in [1.29, 1.82) is 0 Å². The van der Waals surface area contributed by atoms with Crippen LogP contribution in [-0.4, -0.2) is 40.3 Å². The number of hydrogen-bond donors (Lipinski definition) is 2. The number of aromatic nitrogens is 2. The molecule has 2 N–H and O–H groups in total. The van der Waals surface area contributed by atoms with Crippen molar-refractivity contribution in [1.82, 2.24) is 14.9 Å². The van der Waals surface area contributed by atoms with Crippen LogP contribution in [-0.2, 0) is 7.05 Å². The van der Waals surface area contributed by atoms with Crippen LogP contribution in [0.25, 0.3) is 21.9 Å². The second-order valence-corrected chi connectivity index (χ2v) is 8.24. The number of halogens is 3. The summed E-state index contributed by atoms with van der Waals surface area (Å²) in [6.45, 7) is 1.04. The van der Waals surface area contributed by atoms with E-state index in [4.69, 9.17) is 0 Å². The van der Waals surface area contributed by atoms with Crippen LogP contribution in [0.1, 0.15) is 22.0 Å². The SMILES string of the molecule is Cn1cc(C(=O)O)c(=O)c2cc3cc(F)c(N4CCNC(c5ccc(F)cc5)C4)c(F)c3nc21. The zero-order valence-electron chi connectivity index (χ0n) is 18.0. The van der Waals surface area contributed by atoms with Gasteiger partial charge in [-0.1, -0.05) is 12.1 Å². The lowest BCUT2D eigenvalue weighted by Gasteiger charge is -2.36. The number of piperazine rings is 1. The highest BCUT2D eigenvalue weighted by Crippen LogP contribution is 2.33. The molecular formula is C24H19F3N4O3. The van der Waals surface area contributed by atoms with E-state index in [1.807, 2.05) is 0 Å². The van der Waals surface area contributed by atoms with Gasteiger partial charge in [-0.3, -0.25) is 4.79 Å². The minimum Gasteiger partial charge on any atom is -0.477 e. The molecule has 1 atom stereocenters. The van der Waals surface area contributed by atoms with Gasteiger partial charge in [0.05, 0.1) is 5.39 Å². The number of benzene rings is 2. The molecule has 3 heterocycles. The minimum absolute atomic E-state index is 0.0417. The quantitative estimate of drug-likeness (QED) is 0.449. The lowest BCUT2D eigenvalue weighted by Crippen LogP contribution is -2.46. The van der Waals surface area contributed by atoms with Crippen molar-refractivity contribution in [3.8, 4) is 0 Å². The molecular weight excluding hydrogens is 449 g/mol. The molecule has 10 heteroatoms. The largest absolute Gasteiger partial charge is 0.477 e. The Kier molecular flexibility index (Phi) is 5.24. The van der Waals surface area contributed by atoms with Gasteiger partial charge in [0, 0.05) is 44.3 Å². The third kappa shape index (κ3) is 3.56.